The molecule has 1 spiro atoms. The number of allylic oxidation sites excluding steroid dienone is 1. The van der Waals surface area contributed by atoms with Gasteiger partial charge >= 0.3 is 0 Å². The molecular weight excluding hydrogens is 288 g/mol. The zero-order valence-electron chi connectivity index (χ0n) is 14.4. The fourth-order valence-corrected chi connectivity index (χ4v) is 7.83. The van der Waals surface area contributed by atoms with Gasteiger partial charge < -0.3 is 15.3 Å². The molecule has 4 rings (SSSR count). The summed E-state index contributed by atoms with van der Waals surface area (Å²) in [7, 11) is 0. The molecule has 0 unspecified atom stereocenters. The maximum atomic E-state index is 10.6. The predicted molar refractivity (Wildman–Crippen MR) is 89.7 cm³/mol. The highest BCUT2D eigenvalue weighted by molar-refractivity contribution is 5.22. The van der Waals surface area contributed by atoms with Gasteiger partial charge in [-0.1, -0.05) is 19.1 Å². The molecule has 3 nitrogen and oxygen atoms in total. The number of rotatable bonds is 2. The Morgan fingerprint density at radius 2 is 1.78 bits per heavy atom. The monoisotopic (exact) mass is 320 g/mol. The van der Waals surface area contributed by atoms with Gasteiger partial charge in [0.2, 0.25) is 0 Å². The Bertz CT molecular complexity index is 511. The lowest BCUT2D eigenvalue weighted by Crippen LogP contribution is -2.61. The van der Waals surface area contributed by atoms with E-state index in [0.29, 0.717) is 23.7 Å². The van der Waals surface area contributed by atoms with Crippen LogP contribution < -0.4 is 0 Å². The van der Waals surface area contributed by atoms with Gasteiger partial charge in [-0.05, 0) is 80.0 Å². The highest BCUT2D eigenvalue weighted by Gasteiger charge is 2.65. The first-order valence-electron chi connectivity index (χ1n) is 9.47. The van der Waals surface area contributed by atoms with E-state index in [0.717, 1.165) is 18.8 Å². The van der Waals surface area contributed by atoms with Crippen molar-refractivity contribution in [3.63, 3.8) is 0 Å². The minimum absolute atomic E-state index is 0.00410. The summed E-state index contributed by atoms with van der Waals surface area (Å²) < 4.78 is 0. The average molecular weight is 320 g/mol. The summed E-state index contributed by atoms with van der Waals surface area (Å²) in [6.07, 6.45) is 8.23. The van der Waals surface area contributed by atoms with Gasteiger partial charge in [0, 0.05) is 5.41 Å². The van der Waals surface area contributed by atoms with E-state index in [2.05, 4.69) is 13.5 Å². The molecule has 0 aliphatic heterocycles. The normalized spacial score (nSPS) is 51.2. The van der Waals surface area contributed by atoms with E-state index in [4.69, 9.17) is 0 Å². The van der Waals surface area contributed by atoms with E-state index in [9.17, 15) is 15.3 Å². The summed E-state index contributed by atoms with van der Waals surface area (Å²) in [5.41, 5.74) is 1.39. The molecule has 2 bridgehead atoms. The summed E-state index contributed by atoms with van der Waals surface area (Å²) in [5.74, 6) is 1.66. The molecule has 0 radical (unpaired) electrons. The van der Waals surface area contributed by atoms with Crippen molar-refractivity contribution in [2.24, 2.45) is 34.0 Å². The third-order valence-corrected chi connectivity index (χ3v) is 8.56. The SMILES string of the molecule is C=C1C[C@]23CC[C@H]4C(CO)(CO)C[C@@H](O)C[C@]4(C)[C@H]2CC[C@@H]1C3. The van der Waals surface area contributed by atoms with Crippen LogP contribution in [0.25, 0.3) is 0 Å². The first-order valence-corrected chi connectivity index (χ1v) is 9.47. The van der Waals surface area contributed by atoms with Crippen LogP contribution in [0.1, 0.15) is 58.3 Å². The second-order valence-corrected chi connectivity index (χ2v) is 9.57. The molecular formula is C20H32O3. The number of hydrogen-bond donors (Lipinski definition) is 3. The highest BCUT2D eigenvalue weighted by Crippen LogP contribution is 2.72. The topological polar surface area (TPSA) is 60.7 Å². The van der Waals surface area contributed by atoms with Crippen LogP contribution in [-0.2, 0) is 0 Å². The van der Waals surface area contributed by atoms with Crippen LogP contribution in [0.15, 0.2) is 12.2 Å². The summed E-state index contributed by atoms with van der Waals surface area (Å²) in [5, 5.41) is 30.8. The van der Waals surface area contributed by atoms with Gasteiger partial charge in [-0.2, -0.15) is 0 Å². The van der Waals surface area contributed by atoms with Gasteiger partial charge in [-0.15, -0.1) is 0 Å². The summed E-state index contributed by atoms with van der Waals surface area (Å²) in [4.78, 5) is 0. The van der Waals surface area contributed by atoms with Crippen LogP contribution in [0.2, 0.25) is 0 Å². The van der Waals surface area contributed by atoms with Crippen molar-refractivity contribution < 1.29 is 15.3 Å². The first kappa shape index (κ1) is 16.1. The minimum atomic E-state index is -0.500. The molecule has 0 aromatic rings. The van der Waals surface area contributed by atoms with Crippen molar-refractivity contribution in [2.45, 2.75) is 64.4 Å². The van der Waals surface area contributed by atoms with Crippen molar-refractivity contribution in [2.75, 3.05) is 13.2 Å². The Balaban J connectivity index is 1.75. The second-order valence-electron chi connectivity index (χ2n) is 9.57. The summed E-state index contributed by atoms with van der Waals surface area (Å²) in [6, 6.07) is 0. The number of fused-ring (bicyclic) bond motifs is 3. The molecule has 0 amide bonds. The quantitative estimate of drug-likeness (QED) is 0.686. The van der Waals surface area contributed by atoms with Gasteiger partial charge in [-0.3, -0.25) is 0 Å². The smallest absolute Gasteiger partial charge is 0.0552 e. The third-order valence-electron chi connectivity index (χ3n) is 8.56. The van der Waals surface area contributed by atoms with Crippen molar-refractivity contribution in [1.82, 2.24) is 0 Å². The van der Waals surface area contributed by atoms with Crippen molar-refractivity contribution in [3.05, 3.63) is 12.2 Å². The zero-order chi connectivity index (χ0) is 16.5. The molecule has 130 valence electrons. The van der Waals surface area contributed by atoms with E-state index in [1.165, 1.54) is 37.7 Å². The Morgan fingerprint density at radius 3 is 2.48 bits per heavy atom. The van der Waals surface area contributed by atoms with Crippen molar-refractivity contribution in [1.29, 1.82) is 0 Å². The van der Waals surface area contributed by atoms with E-state index < -0.39 is 11.5 Å². The lowest BCUT2D eigenvalue weighted by atomic mass is 9.40. The Labute approximate surface area is 139 Å². The molecule has 23 heavy (non-hydrogen) atoms. The molecule has 0 heterocycles. The molecule has 4 aliphatic carbocycles. The fraction of sp³-hybridized carbons (Fsp3) is 0.900. The largest absolute Gasteiger partial charge is 0.396 e. The number of hydrogen-bond acceptors (Lipinski definition) is 3. The fourth-order valence-electron chi connectivity index (χ4n) is 7.83. The van der Waals surface area contributed by atoms with Gasteiger partial charge in [0.15, 0.2) is 0 Å². The number of aliphatic hydroxyl groups is 3. The lowest BCUT2D eigenvalue weighted by Gasteiger charge is -2.65. The van der Waals surface area contributed by atoms with Gasteiger partial charge in [0.25, 0.3) is 0 Å². The minimum Gasteiger partial charge on any atom is -0.396 e. The number of aliphatic hydroxyl groups excluding tert-OH is 3. The Kier molecular flexibility index (Phi) is 3.54. The molecule has 4 saturated carbocycles. The maximum Gasteiger partial charge on any atom is 0.0552 e. The molecule has 4 aliphatic rings. The molecule has 3 N–H and O–H groups in total. The van der Waals surface area contributed by atoms with Gasteiger partial charge in [-0.25, -0.2) is 0 Å². The van der Waals surface area contributed by atoms with Crippen molar-refractivity contribution in [3.8, 4) is 0 Å². The highest BCUT2D eigenvalue weighted by atomic mass is 16.3. The molecule has 0 saturated heterocycles. The lowest BCUT2D eigenvalue weighted by molar-refractivity contribution is -0.200. The Morgan fingerprint density at radius 1 is 1.04 bits per heavy atom. The van der Waals surface area contributed by atoms with Crippen LogP contribution in [0, 0.1) is 34.0 Å². The van der Waals surface area contributed by atoms with E-state index in [1.54, 1.807) is 0 Å². The molecule has 3 heteroatoms. The zero-order valence-corrected chi connectivity index (χ0v) is 14.4. The van der Waals surface area contributed by atoms with Crippen LogP contribution in [0.4, 0.5) is 0 Å². The molecule has 0 aromatic heterocycles. The van der Waals surface area contributed by atoms with E-state index >= 15 is 0 Å². The first-order chi connectivity index (χ1) is 10.9. The van der Waals surface area contributed by atoms with Gasteiger partial charge in [0.1, 0.15) is 0 Å². The standard InChI is InChI=1S/C20H32O3/c1-13-7-19-6-5-17-18(2,16(19)4-3-14(13)8-19)9-15(23)10-20(17,11-21)12-22/h14-17,21-23H,1,3-12H2,2H3/t14-,15+,16-,17-,18-,19+/m1/s1. The third kappa shape index (κ3) is 1.99. The van der Waals surface area contributed by atoms with Gasteiger partial charge in [0.05, 0.1) is 19.3 Å². The molecule has 4 fully saturated rings. The molecule has 6 atom stereocenters. The Hall–Kier alpha value is -0.380. The second kappa shape index (κ2) is 5.06. The summed E-state index contributed by atoms with van der Waals surface area (Å²) in [6.45, 7) is 6.70. The van der Waals surface area contributed by atoms with Crippen LogP contribution >= 0.6 is 0 Å². The van der Waals surface area contributed by atoms with Crippen LogP contribution in [0.5, 0.6) is 0 Å². The van der Waals surface area contributed by atoms with E-state index in [1.807, 2.05) is 0 Å². The van der Waals surface area contributed by atoms with Crippen molar-refractivity contribution >= 4 is 0 Å². The van der Waals surface area contributed by atoms with Crippen LogP contribution in [-0.4, -0.2) is 34.6 Å². The van der Waals surface area contributed by atoms with E-state index in [-0.39, 0.29) is 18.6 Å². The summed E-state index contributed by atoms with van der Waals surface area (Å²) >= 11 is 0. The van der Waals surface area contributed by atoms with Crippen LogP contribution in [0.3, 0.4) is 0 Å². The maximum absolute atomic E-state index is 10.6. The average Bonchev–Trinajstić information content (AvgIpc) is 2.74. The molecule has 0 aromatic carbocycles. The predicted octanol–water partition coefficient (Wildman–Crippen LogP) is 2.89.